The molecule has 0 bridgehead atoms. The number of rotatable bonds is 4. The normalized spacial score (nSPS) is 15.1. The summed E-state index contributed by atoms with van der Waals surface area (Å²) in [4.78, 5) is 0. The third kappa shape index (κ3) is 4.25. The van der Waals surface area contributed by atoms with Gasteiger partial charge in [-0.3, -0.25) is 0 Å². The molecule has 1 aromatic rings. The van der Waals surface area contributed by atoms with Gasteiger partial charge in [0.2, 0.25) is 0 Å². The Bertz CT molecular complexity index is 266. The summed E-state index contributed by atoms with van der Waals surface area (Å²) in [5.41, 5.74) is 7.15. The van der Waals surface area contributed by atoms with E-state index in [2.05, 4.69) is 54.0 Å². The van der Waals surface area contributed by atoms with E-state index in [4.69, 9.17) is 5.73 Å². The molecule has 0 saturated carbocycles. The predicted octanol–water partition coefficient (Wildman–Crippen LogP) is 3.37. The Labute approximate surface area is 94.8 Å². The van der Waals surface area contributed by atoms with Gasteiger partial charge in [-0.1, -0.05) is 35.0 Å². The monoisotopic (exact) mass is 255 g/mol. The molecule has 2 atom stereocenters. The molecule has 0 spiro atoms. The van der Waals surface area contributed by atoms with Crippen molar-refractivity contribution in [1.29, 1.82) is 0 Å². The van der Waals surface area contributed by atoms with Crippen LogP contribution >= 0.6 is 15.9 Å². The summed E-state index contributed by atoms with van der Waals surface area (Å²) >= 11 is 3.43. The Morgan fingerprint density at radius 2 is 1.79 bits per heavy atom. The molecule has 0 heterocycles. The summed E-state index contributed by atoms with van der Waals surface area (Å²) in [7, 11) is 0. The van der Waals surface area contributed by atoms with Crippen molar-refractivity contribution in [3.63, 3.8) is 0 Å². The molecule has 0 fully saturated rings. The van der Waals surface area contributed by atoms with Crippen molar-refractivity contribution < 1.29 is 0 Å². The molecular weight excluding hydrogens is 238 g/mol. The Hall–Kier alpha value is -0.340. The van der Waals surface area contributed by atoms with Crippen LogP contribution in [0, 0.1) is 5.92 Å². The van der Waals surface area contributed by atoms with Crippen LogP contribution in [0.5, 0.6) is 0 Å². The Kier molecular flexibility index (Phi) is 4.63. The highest BCUT2D eigenvalue weighted by Gasteiger charge is 2.06. The fraction of sp³-hybridized carbons (Fsp3) is 0.500. The van der Waals surface area contributed by atoms with Gasteiger partial charge >= 0.3 is 0 Å². The summed E-state index contributed by atoms with van der Waals surface area (Å²) in [6, 6.07) is 8.83. The van der Waals surface area contributed by atoms with Gasteiger partial charge in [-0.2, -0.15) is 0 Å². The summed E-state index contributed by atoms with van der Waals surface area (Å²) < 4.78 is 1.14. The molecule has 0 aliphatic carbocycles. The molecule has 0 aromatic heterocycles. The van der Waals surface area contributed by atoms with Crippen molar-refractivity contribution >= 4 is 15.9 Å². The highest BCUT2D eigenvalue weighted by Crippen LogP contribution is 2.16. The first kappa shape index (κ1) is 11.7. The van der Waals surface area contributed by atoms with Crippen molar-refractivity contribution in [3.8, 4) is 0 Å². The third-order valence-electron chi connectivity index (χ3n) is 2.27. The molecular formula is C12H18BrN. The standard InChI is InChI=1S/C12H18BrN/c1-9(7-10(2)14)8-11-3-5-12(13)6-4-11/h3-6,9-10H,7-8,14H2,1-2H3/t9-,10+/m1/s1. The van der Waals surface area contributed by atoms with Crippen LogP contribution in [-0.2, 0) is 6.42 Å². The van der Waals surface area contributed by atoms with E-state index in [1.807, 2.05) is 0 Å². The van der Waals surface area contributed by atoms with E-state index in [1.165, 1.54) is 5.56 Å². The van der Waals surface area contributed by atoms with Crippen molar-refractivity contribution in [2.24, 2.45) is 11.7 Å². The zero-order chi connectivity index (χ0) is 10.6. The van der Waals surface area contributed by atoms with Crippen LogP contribution in [0.4, 0.5) is 0 Å². The van der Waals surface area contributed by atoms with Gasteiger partial charge in [-0.25, -0.2) is 0 Å². The summed E-state index contributed by atoms with van der Waals surface area (Å²) in [5.74, 6) is 0.663. The fourth-order valence-corrected chi connectivity index (χ4v) is 2.01. The highest BCUT2D eigenvalue weighted by atomic mass is 79.9. The summed E-state index contributed by atoms with van der Waals surface area (Å²) in [6.45, 7) is 4.32. The van der Waals surface area contributed by atoms with Gasteiger partial charge in [0.25, 0.3) is 0 Å². The first-order valence-electron chi connectivity index (χ1n) is 5.08. The SMILES string of the molecule is C[C@@H](Cc1ccc(Br)cc1)C[C@H](C)N. The molecule has 2 heteroatoms. The number of hydrogen-bond donors (Lipinski definition) is 1. The number of halogens is 1. The average molecular weight is 256 g/mol. The van der Waals surface area contributed by atoms with Gasteiger partial charge in [0.1, 0.15) is 0 Å². The molecule has 0 aliphatic heterocycles. The molecule has 1 aromatic carbocycles. The van der Waals surface area contributed by atoms with Gasteiger partial charge in [0.05, 0.1) is 0 Å². The first-order chi connectivity index (χ1) is 6.58. The second-order valence-electron chi connectivity index (χ2n) is 4.15. The van der Waals surface area contributed by atoms with E-state index in [0.717, 1.165) is 17.3 Å². The maximum Gasteiger partial charge on any atom is 0.0175 e. The van der Waals surface area contributed by atoms with E-state index in [9.17, 15) is 0 Å². The zero-order valence-electron chi connectivity index (χ0n) is 8.83. The fourth-order valence-electron chi connectivity index (χ4n) is 1.74. The lowest BCUT2D eigenvalue weighted by atomic mass is 9.95. The molecule has 14 heavy (non-hydrogen) atoms. The molecule has 1 rings (SSSR count). The van der Waals surface area contributed by atoms with Gasteiger partial charge < -0.3 is 5.73 Å². The average Bonchev–Trinajstić information content (AvgIpc) is 2.07. The van der Waals surface area contributed by atoms with E-state index in [0.29, 0.717) is 12.0 Å². The summed E-state index contributed by atoms with van der Waals surface area (Å²) in [5, 5.41) is 0. The van der Waals surface area contributed by atoms with Crippen molar-refractivity contribution in [2.75, 3.05) is 0 Å². The minimum atomic E-state index is 0.306. The molecule has 0 saturated heterocycles. The lowest BCUT2D eigenvalue weighted by Gasteiger charge is -2.13. The quantitative estimate of drug-likeness (QED) is 0.878. The van der Waals surface area contributed by atoms with E-state index in [1.54, 1.807) is 0 Å². The second-order valence-corrected chi connectivity index (χ2v) is 5.06. The third-order valence-corrected chi connectivity index (χ3v) is 2.80. The molecule has 78 valence electrons. The minimum absolute atomic E-state index is 0.306. The largest absolute Gasteiger partial charge is 0.328 e. The van der Waals surface area contributed by atoms with Crippen molar-refractivity contribution in [2.45, 2.75) is 32.7 Å². The summed E-state index contributed by atoms with van der Waals surface area (Å²) in [6.07, 6.45) is 2.21. The lowest BCUT2D eigenvalue weighted by molar-refractivity contribution is 0.480. The Balaban J connectivity index is 2.47. The second kappa shape index (κ2) is 5.52. The lowest BCUT2D eigenvalue weighted by Crippen LogP contribution is -2.19. The number of nitrogens with two attached hydrogens (primary N) is 1. The molecule has 0 unspecified atom stereocenters. The number of hydrogen-bond acceptors (Lipinski definition) is 1. The highest BCUT2D eigenvalue weighted by molar-refractivity contribution is 9.10. The first-order valence-corrected chi connectivity index (χ1v) is 5.87. The topological polar surface area (TPSA) is 26.0 Å². The van der Waals surface area contributed by atoms with E-state index in [-0.39, 0.29) is 0 Å². The maximum atomic E-state index is 5.76. The Morgan fingerprint density at radius 3 is 2.29 bits per heavy atom. The molecule has 0 aliphatic rings. The zero-order valence-corrected chi connectivity index (χ0v) is 10.4. The molecule has 2 N–H and O–H groups in total. The van der Waals surface area contributed by atoms with Gasteiger partial charge in [-0.15, -0.1) is 0 Å². The van der Waals surface area contributed by atoms with Crippen LogP contribution in [0.25, 0.3) is 0 Å². The molecule has 0 amide bonds. The van der Waals surface area contributed by atoms with Crippen molar-refractivity contribution in [1.82, 2.24) is 0 Å². The van der Waals surface area contributed by atoms with Crippen LogP contribution < -0.4 is 5.73 Å². The van der Waals surface area contributed by atoms with Crippen LogP contribution in [0.3, 0.4) is 0 Å². The van der Waals surface area contributed by atoms with Crippen LogP contribution in [0.1, 0.15) is 25.8 Å². The van der Waals surface area contributed by atoms with E-state index < -0.39 is 0 Å². The van der Waals surface area contributed by atoms with Gasteiger partial charge in [0, 0.05) is 10.5 Å². The van der Waals surface area contributed by atoms with Crippen molar-refractivity contribution in [3.05, 3.63) is 34.3 Å². The Morgan fingerprint density at radius 1 is 1.21 bits per heavy atom. The smallest absolute Gasteiger partial charge is 0.0175 e. The van der Waals surface area contributed by atoms with Gasteiger partial charge in [-0.05, 0) is 43.4 Å². The maximum absolute atomic E-state index is 5.76. The van der Waals surface area contributed by atoms with Crippen LogP contribution in [-0.4, -0.2) is 6.04 Å². The minimum Gasteiger partial charge on any atom is -0.328 e. The van der Waals surface area contributed by atoms with Crippen LogP contribution in [0.2, 0.25) is 0 Å². The predicted molar refractivity (Wildman–Crippen MR) is 65.3 cm³/mol. The van der Waals surface area contributed by atoms with Gasteiger partial charge in [0.15, 0.2) is 0 Å². The molecule has 0 radical (unpaired) electrons. The van der Waals surface area contributed by atoms with E-state index >= 15 is 0 Å². The molecule has 1 nitrogen and oxygen atoms in total. The number of benzene rings is 1. The van der Waals surface area contributed by atoms with Crippen LogP contribution in [0.15, 0.2) is 28.7 Å².